The van der Waals surface area contributed by atoms with Gasteiger partial charge in [-0.2, -0.15) is 5.10 Å². The second-order valence-electron chi connectivity index (χ2n) is 7.88. The van der Waals surface area contributed by atoms with Crippen LogP contribution in [-0.4, -0.2) is 63.9 Å². The topological polar surface area (TPSA) is 131 Å². The van der Waals surface area contributed by atoms with E-state index in [4.69, 9.17) is 27.9 Å². The van der Waals surface area contributed by atoms with E-state index in [2.05, 4.69) is 20.4 Å². The Morgan fingerprint density at radius 3 is 2.79 bits per heavy atom. The molecule has 0 bridgehead atoms. The van der Waals surface area contributed by atoms with Crippen LogP contribution >= 0.6 is 23.2 Å². The van der Waals surface area contributed by atoms with Gasteiger partial charge in [-0.25, -0.2) is 14.3 Å². The summed E-state index contributed by atoms with van der Waals surface area (Å²) in [5, 5.41) is 44.1. The minimum absolute atomic E-state index is 0.0856. The fraction of sp³-hybridized carbons (Fsp3) is 0.364. The molecule has 0 spiro atoms. The average molecular weight is 507 g/mol. The van der Waals surface area contributed by atoms with Crippen LogP contribution in [0.5, 0.6) is 0 Å². The van der Waals surface area contributed by atoms with Gasteiger partial charge in [-0.3, -0.25) is 0 Å². The summed E-state index contributed by atoms with van der Waals surface area (Å²) < 4.78 is 9.07. The molecule has 0 radical (unpaired) electrons. The summed E-state index contributed by atoms with van der Waals surface area (Å²) in [5.41, 5.74) is 1.90. The molecule has 10 nitrogen and oxygen atoms in total. The number of hydrogen-bond donors (Lipinski definition) is 3. The van der Waals surface area contributed by atoms with Crippen molar-refractivity contribution in [2.24, 2.45) is 0 Å². The minimum atomic E-state index is -1.04. The maximum atomic E-state index is 10.9. The van der Waals surface area contributed by atoms with Crippen molar-refractivity contribution >= 4 is 28.9 Å². The van der Waals surface area contributed by atoms with E-state index < -0.39 is 31.0 Å². The van der Waals surface area contributed by atoms with E-state index in [-0.39, 0.29) is 5.76 Å². The van der Waals surface area contributed by atoms with E-state index in [1.54, 1.807) is 59.8 Å². The van der Waals surface area contributed by atoms with Crippen molar-refractivity contribution in [1.82, 2.24) is 29.8 Å². The minimum Gasteiger partial charge on any atom is -0.508 e. The van der Waals surface area contributed by atoms with Crippen LogP contribution in [0.15, 0.2) is 48.6 Å². The van der Waals surface area contributed by atoms with Crippen molar-refractivity contribution in [2.75, 3.05) is 6.61 Å². The molecule has 0 amide bonds. The number of aliphatic hydroxyl groups is 3. The van der Waals surface area contributed by atoms with Crippen molar-refractivity contribution in [3.05, 3.63) is 64.5 Å². The lowest BCUT2D eigenvalue weighted by molar-refractivity contribution is -0.161. The number of hydrogen-bond acceptors (Lipinski definition) is 8. The Balaban J connectivity index is 1.64. The number of aromatic nitrogens is 6. The third kappa shape index (κ3) is 4.86. The largest absolute Gasteiger partial charge is 0.508 e. The van der Waals surface area contributed by atoms with Crippen molar-refractivity contribution in [1.29, 1.82) is 0 Å². The Hall–Kier alpha value is -2.76. The van der Waals surface area contributed by atoms with Crippen molar-refractivity contribution in [3.8, 4) is 11.3 Å². The van der Waals surface area contributed by atoms with E-state index in [1.807, 2.05) is 0 Å². The standard InChI is InChI=1S/C22H24Cl2N6O4/c1-3-14(32)6-12(2)30-22(25-11-26-30)19-8-18(21(33)20(10-31)34-19)29-9-17(27-28-29)13-4-5-15(23)16(24)7-13/h3-7,9,11,18-21,31-33H,8,10H2,1-2H3/b12-6+,14-3-. The van der Waals surface area contributed by atoms with E-state index in [1.165, 1.54) is 6.33 Å². The van der Waals surface area contributed by atoms with Crippen LogP contribution in [0.4, 0.5) is 0 Å². The SMILES string of the molecule is C/C=C(O)/C=C(\C)n1ncnc1C1CC(n2cc(-c3ccc(Cl)c(Cl)c3)nn2)C(O)C(CO)O1. The smallest absolute Gasteiger partial charge is 0.160 e. The summed E-state index contributed by atoms with van der Waals surface area (Å²) >= 11 is 12.1. The van der Waals surface area contributed by atoms with E-state index in [0.717, 1.165) is 5.56 Å². The summed E-state index contributed by atoms with van der Waals surface area (Å²) in [4.78, 5) is 4.34. The second-order valence-corrected chi connectivity index (χ2v) is 8.70. The van der Waals surface area contributed by atoms with Gasteiger partial charge in [-0.1, -0.05) is 34.5 Å². The molecule has 2 aromatic heterocycles. The Kier molecular flexibility index (Phi) is 7.34. The lowest BCUT2D eigenvalue weighted by Crippen LogP contribution is -2.45. The summed E-state index contributed by atoms with van der Waals surface area (Å²) in [6.45, 7) is 3.09. The molecule has 3 N–H and O–H groups in total. The van der Waals surface area contributed by atoms with Crippen molar-refractivity contribution in [2.45, 2.75) is 44.6 Å². The molecule has 1 fully saturated rings. The number of allylic oxidation sites excluding steroid dienone is 3. The van der Waals surface area contributed by atoms with Crippen molar-refractivity contribution in [3.63, 3.8) is 0 Å². The lowest BCUT2D eigenvalue weighted by Gasteiger charge is -2.38. The van der Waals surface area contributed by atoms with Crippen LogP contribution in [0, 0.1) is 0 Å². The Morgan fingerprint density at radius 2 is 2.09 bits per heavy atom. The first kappa shape index (κ1) is 24.4. The maximum Gasteiger partial charge on any atom is 0.160 e. The molecule has 3 heterocycles. The lowest BCUT2D eigenvalue weighted by atomic mass is 9.95. The Morgan fingerprint density at radius 1 is 1.29 bits per heavy atom. The van der Waals surface area contributed by atoms with Crippen LogP contribution in [0.25, 0.3) is 17.0 Å². The summed E-state index contributed by atoms with van der Waals surface area (Å²) in [6.07, 6.45) is 3.97. The van der Waals surface area contributed by atoms with Gasteiger partial charge >= 0.3 is 0 Å². The van der Waals surface area contributed by atoms with Crippen LogP contribution in [-0.2, 0) is 4.74 Å². The number of ether oxygens (including phenoxy) is 1. The molecular formula is C22H24Cl2N6O4. The van der Waals surface area contributed by atoms with Gasteiger partial charge in [0.25, 0.3) is 0 Å². The zero-order valence-electron chi connectivity index (χ0n) is 18.5. The molecule has 1 saturated heterocycles. The van der Waals surface area contributed by atoms with Crippen LogP contribution in [0.3, 0.4) is 0 Å². The quantitative estimate of drug-likeness (QED) is 0.341. The number of benzene rings is 1. The van der Waals surface area contributed by atoms with Crippen molar-refractivity contribution < 1.29 is 20.1 Å². The van der Waals surface area contributed by atoms with Gasteiger partial charge in [0.15, 0.2) is 5.82 Å². The molecule has 4 atom stereocenters. The summed E-state index contributed by atoms with van der Waals surface area (Å²) in [7, 11) is 0. The molecule has 1 aliphatic rings. The number of rotatable bonds is 6. The second kappa shape index (κ2) is 10.2. The van der Waals surface area contributed by atoms with Crippen LogP contribution in [0.1, 0.15) is 38.2 Å². The highest BCUT2D eigenvalue weighted by Gasteiger charge is 2.41. The molecule has 180 valence electrons. The third-order valence-electron chi connectivity index (χ3n) is 5.66. The van der Waals surface area contributed by atoms with Crippen LogP contribution < -0.4 is 0 Å². The van der Waals surface area contributed by atoms with Gasteiger partial charge in [0.05, 0.1) is 28.9 Å². The molecule has 4 rings (SSSR count). The molecule has 3 aromatic rings. The fourth-order valence-electron chi connectivity index (χ4n) is 3.86. The first-order valence-electron chi connectivity index (χ1n) is 10.6. The molecule has 12 heteroatoms. The predicted octanol–water partition coefficient (Wildman–Crippen LogP) is 3.59. The zero-order valence-corrected chi connectivity index (χ0v) is 20.0. The first-order valence-corrected chi connectivity index (χ1v) is 11.3. The predicted molar refractivity (Wildman–Crippen MR) is 126 cm³/mol. The highest BCUT2D eigenvalue weighted by atomic mass is 35.5. The normalized spacial score (nSPS) is 23.9. The Labute approximate surface area is 205 Å². The van der Waals surface area contributed by atoms with E-state index >= 15 is 0 Å². The first-order chi connectivity index (χ1) is 16.3. The highest BCUT2D eigenvalue weighted by Crippen LogP contribution is 2.38. The monoisotopic (exact) mass is 506 g/mol. The number of halogens is 2. The molecular weight excluding hydrogens is 483 g/mol. The maximum absolute atomic E-state index is 10.9. The number of nitrogens with zero attached hydrogens (tertiary/aromatic N) is 6. The van der Waals surface area contributed by atoms with Gasteiger partial charge < -0.3 is 20.1 Å². The van der Waals surface area contributed by atoms with Gasteiger partial charge in [-0.05, 0) is 32.1 Å². The average Bonchev–Trinajstić information content (AvgIpc) is 3.51. The van der Waals surface area contributed by atoms with Gasteiger partial charge in [-0.15, -0.1) is 5.10 Å². The van der Waals surface area contributed by atoms with Crippen LogP contribution in [0.2, 0.25) is 10.0 Å². The zero-order chi connectivity index (χ0) is 24.4. The Bertz CT molecular complexity index is 1220. The van der Waals surface area contributed by atoms with Gasteiger partial charge in [0.1, 0.15) is 36.1 Å². The summed E-state index contributed by atoms with van der Waals surface area (Å²) in [5.74, 6) is 0.556. The fourth-order valence-corrected chi connectivity index (χ4v) is 4.16. The molecule has 4 unspecified atom stereocenters. The third-order valence-corrected chi connectivity index (χ3v) is 6.40. The molecule has 0 aliphatic carbocycles. The van der Waals surface area contributed by atoms with E-state index in [0.29, 0.717) is 33.7 Å². The van der Waals surface area contributed by atoms with Gasteiger partial charge in [0, 0.05) is 23.8 Å². The number of aliphatic hydroxyl groups excluding tert-OH is 3. The van der Waals surface area contributed by atoms with Gasteiger partial charge in [0.2, 0.25) is 0 Å². The highest BCUT2D eigenvalue weighted by molar-refractivity contribution is 6.42. The molecule has 34 heavy (non-hydrogen) atoms. The molecule has 1 aromatic carbocycles. The molecule has 0 saturated carbocycles. The molecule has 1 aliphatic heterocycles. The van der Waals surface area contributed by atoms with E-state index in [9.17, 15) is 15.3 Å². The summed E-state index contributed by atoms with van der Waals surface area (Å²) in [6, 6.07) is 4.59.